The maximum Gasteiger partial charge on any atom is 0.337 e. The van der Waals surface area contributed by atoms with Crippen molar-refractivity contribution in [1.29, 1.82) is 0 Å². The summed E-state index contributed by atoms with van der Waals surface area (Å²) in [5, 5.41) is 10.9. The highest BCUT2D eigenvalue weighted by atomic mass is 32.1. The number of thiophene rings is 1. The first-order chi connectivity index (χ1) is 6.70. The summed E-state index contributed by atoms with van der Waals surface area (Å²) >= 11 is 1.56. The zero-order valence-corrected chi connectivity index (χ0v) is 8.39. The number of aromatic carboxylic acids is 1. The summed E-state index contributed by atoms with van der Waals surface area (Å²) in [6, 6.07) is 1.98. The van der Waals surface area contributed by atoms with Crippen molar-refractivity contribution in [3.05, 3.63) is 35.0 Å². The molecule has 2 aromatic heterocycles. The van der Waals surface area contributed by atoms with Crippen molar-refractivity contribution in [1.82, 2.24) is 4.98 Å². The van der Waals surface area contributed by atoms with E-state index in [4.69, 9.17) is 5.11 Å². The molecule has 72 valence electrons. The average Bonchev–Trinajstić information content (AvgIpc) is 2.70. The predicted octanol–water partition coefficient (Wildman–Crippen LogP) is 2.75. The molecular formula is C10H9NO2S. The lowest BCUT2D eigenvalue weighted by Crippen LogP contribution is -1.95. The van der Waals surface area contributed by atoms with Crippen molar-refractivity contribution in [3.8, 4) is 10.4 Å². The molecule has 0 aliphatic rings. The molecule has 14 heavy (non-hydrogen) atoms. The van der Waals surface area contributed by atoms with Crippen molar-refractivity contribution in [2.24, 2.45) is 0 Å². The third-order valence-electron chi connectivity index (χ3n) is 2.08. The minimum absolute atomic E-state index is 0.329. The summed E-state index contributed by atoms with van der Waals surface area (Å²) in [6.07, 6.45) is 3.24. The number of H-pyrrole nitrogens is 1. The summed E-state index contributed by atoms with van der Waals surface area (Å²) in [5.41, 5.74) is 2.21. The minimum atomic E-state index is -0.894. The molecule has 0 saturated heterocycles. The van der Waals surface area contributed by atoms with Gasteiger partial charge in [-0.3, -0.25) is 0 Å². The Morgan fingerprint density at radius 3 is 2.86 bits per heavy atom. The fourth-order valence-corrected chi connectivity index (χ4v) is 2.34. The van der Waals surface area contributed by atoms with Crippen LogP contribution in [-0.4, -0.2) is 16.1 Å². The Balaban J connectivity index is 2.57. The van der Waals surface area contributed by atoms with Gasteiger partial charge in [0.2, 0.25) is 0 Å². The van der Waals surface area contributed by atoms with Gasteiger partial charge in [0.1, 0.15) is 0 Å². The number of nitrogens with one attached hydrogen (secondary N) is 1. The van der Waals surface area contributed by atoms with E-state index in [9.17, 15) is 4.79 Å². The van der Waals surface area contributed by atoms with Gasteiger partial charge in [0.05, 0.1) is 5.56 Å². The molecule has 0 spiro atoms. The number of aromatic nitrogens is 1. The first kappa shape index (κ1) is 9.02. The van der Waals surface area contributed by atoms with Gasteiger partial charge in [0, 0.05) is 22.8 Å². The number of rotatable bonds is 2. The first-order valence-electron chi connectivity index (χ1n) is 4.14. The third kappa shape index (κ3) is 1.33. The van der Waals surface area contributed by atoms with E-state index >= 15 is 0 Å². The fourth-order valence-electron chi connectivity index (χ4n) is 1.38. The number of aromatic amines is 1. The molecule has 0 unspecified atom stereocenters. The molecule has 4 heteroatoms. The Morgan fingerprint density at radius 1 is 1.50 bits per heavy atom. The van der Waals surface area contributed by atoms with E-state index in [2.05, 4.69) is 4.98 Å². The van der Waals surface area contributed by atoms with Crippen LogP contribution in [0.3, 0.4) is 0 Å². The SMILES string of the molecule is Cc1ccsc1-c1c[nH]cc1C(=O)O. The van der Waals surface area contributed by atoms with Crippen LogP contribution in [-0.2, 0) is 0 Å². The van der Waals surface area contributed by atoms with E-state index in [1.807, 2.05) is 18.4 Å². The van der Waals surface area contributed by atoms with Crippen molar-refractivity contribution >= 4 is 17.3 Å². The molecule has 0 atom stereocenters. The first-order valence-corrected chi connectivity index (χ1v) is 5.02. The quantitative estimate of drug-likeness (QED) is 0.795. The van der Waals surface area contributed by atoms with Crippen molar-refractivity contribution in [2.45, 2.75) is 6.92 Å². The lowest BCUT2D eigenvalue weighted by molar-refractivity contribution is 0.0698. The summed E-state index contributed by atoms with van der Waals surface area (Å²) in [7, 11) is 0. The minimum Gasteiger partial charge on any atom is -0.478 e. The molecule has 0 radical (unpaired) electrons. The van der Waals surface area contributed by atoms with Gasteiger partial charge >= 0.3 is 5.97 Å². The number of hydrogen-bond acceptors (Lipinski definition) is 2. The van der Waals surface area contributed by atoms with Gasteiger partial charge in [-0.1, -0.05) is 0 Å². The molecule has 3 nitrogen and oxygen atoms in total. The largest absolute Gasteiger partial charge is 0.478 e. The lowest BCUT2D eigenvalue weighted by Gasteiger charge is -1.97. The van der Waals surface area contributed by atoms with Gasteiger partial charge in [0.15, 0.2) is 0 Å². The van der Waals surface area contributed by atoms with Crippen LogP contribution < -0.4 is 0 Å². The molecule has 2 aromatic rings. The van der Waals surface area contributed by atoms with Gasteiger partial charge in [-0.2, -0.15) is 0 Å². The molecule has 0 fully saturated rings. The number of carboxylic acid groups (broad SMARTS) is 1. The van der Waals surface area contributed by atoms with Crippen LogP contribution in [0.15, 0.2) is 23.8 Å². The number of aryl methyl sites for hydroxylation is 1. The van der Waals surface area contributed by atoms with Crippen LogP contribution in [0.25, 0.3) is 10.4 Å². The zero-order valence-electron chi connectivity index (χ0n) is 7.57. The Kier molecular flexibility index (Phi) is 2.13. The molecule has 0 amide bonds. The maximum absolute atomic E-state index is 10.9. The molecule has 2 N–H and O–H groups in total. The lowest BCUT2D eigenvalue weighted by atomic mass is 10.1. The second-order valence-electron chi connectivity index (χ2n) is 3.02. The average molecular weight is 207 g/mol. The predicted molar refractivity (Wildman–Crippen MR) is 55.8 cm³/mol. The number of carbonyl (C=O) groups is 1. The van der Waals surface area contributed by atoms with Crippen LogP contribution in [0.1, 0.15) is 15.9 Å². The molecule has 2 rings (SSSR count). The van der Waals surface area contributed by atoms with Crippen LogP contribution >= 0.6 is 11.3 Å². The Hall–Kier alpha value is -1.55. The maximum atomic E-state index is 10.9. The van der Waals surface area contributed by atoms with E-state index in [0.717, 1.165) is 16.0 Å². The highest BCUT2D eigenvalue weighted by Crippen LogP contribution is 2.31. The molecule has 0 aliphatic carbocycles. The second kappa shape index (κ2) is 3.31. The smallest absolute Gasteiger partial charge is 0.337 e. The number of hydrogen-bond donors (Lipinski definition) is 2. The topological polar surface area (TPSA) is 53.1 Å². The van der Waals surface area contributed by atoms with Crippen molar-refractivity contribution in [3.63, 3.8) is 0 Å². The van der Waals surface area contributed by atoms with Gasteiger partial charge < -0.3 is 10.1 Å². The Morgan fingerprint density at radius 2 is 2.29 bits per heavy atom. The van der Waals surface area contributed by atoms with Gasteiger partial charge in [0.25, 0.3) is 0 Å². The van der Waals surface area contributed by atoms with E-state index in [0.29, 0.717) is 5.56 Å². The Bertz CT molecular complexity index is 470. The fraction of sp³-hybridized carbons (Fsp3) is 0.100. The monoisotopic (exact) mass is 207 g/mol. The molecule has 0 aliphatic heterocycles. The Labute approximate surface area is 85.0 Å². The number of carboxylic acids is 1. The molecular weight excluding hydrogens is 198 g/mol. The molecule has 0 bridgehead atoms. The summed E-state index contributed by atoms with van der Waals surface area (Å²) in [4.78, 5) is 14.7. The standard InChI is InChI=1S/C10H9NO2S/c1-6-2-3-14-9(6)7-4-11-5-8(7)10(12)13/h2-5,11H,1H3,(H,12,13). The van der Waals surface area contributed by atoms with Crippen molar-refractivity contribution in [2.75, 3.05) is 0 Å². The van der Waals surface area contributed by atoms with E-state index in [1.54, 1.807) is 17.5 Å². The van der Waals surface area contributed by atoms with Crippen LogP contribution in [0.2, 0.25) is 0 Å². The summed E-state index contributed by atoms with van der Waals surface area (Å²) in [6.45, 7) is 1.98. The van der Waals surface area contributed by atoms with E-state index in [-0.39, 0.29) is 0 Å². The van der Waals surface area contributed by atoms with Crippen LogP contribution in [0.4, 0.5) is 0 Å². The normalized spacial score (nSPS) is 10.4. The molecule has 2 heterocycles. The third-order valence-corrected chi connectivity index (χ3v) is 3.13. The van der Waals surface area contributed by atoms with Gasteiger partial charge in [-0.05, 0) is 23.9 Å². The molecule has 0 aromatic carbocycles. The van der Waals surface area contributed by atoms with E-state index < -0.39 is 5.97 Å². The zero-order chi connectivity index (χ0) is 10.1. The second-order valence-corrected chi connectivity index (χ2v) is 3.94. The highest BCUT2D eigenvalue weighted by molar-refractivity contribution is 7.13. The highest BCUT2D eigenvalue weighted by Gasteiger charge is 2.14. The summed E-state index contributed by atoms with van der Waals surface area (Å²) in [5.74, 6) is -0.894. The van der Waals surface area contributed by atoms with Gasteiger partial charge in [-0.25, -0.2) is 4.79 Å². The summed E-state index contributed by atoms with van der Waals surface area (Å²) < 4.78 is 0. The van der Waals surface area contributed by atoms with Crippen LogP contribution in [0, 0.1) is 6.92 Å². The molecule has 0 saturated carbocycles. The van der Waals surface area contributed by atoms with Crippen LogP contribution in [0.5, 0.6) is 0 Å². The van der Waals surface area contributed by atoms with Crippen molar-refractivity contribution < 1.29 is 9.90 Å². The van der Waals surface area contributed by atoms with E-state index in [1.165, 1.54) is 6.20 Å². The van der Waals surface area contributed by atoms with Gasteiger partial charge in [-0.15, -0.1) is 11.3 Å².